The highest BCUT2D eigenvalue weighted by Gasteiger charge is 2.43. The van der Waals surface area contributed by atoms with Crippen molar-refractivity contribution in [1.82, 2.24) is 19.4 Å². The Morgan fingerprint density at radius 3 is 2.77 bits per heavy atom. The molecule has 1 N–H and O–H groups in total. The van der Waals surface area contributed by atoms with Crippen LogP contribution in [0, 0.1) is 12.3 Å². The van der Waals surface area contributed by atoms with Crippen LogP contribution in [-0.4, -0.2) is 45.7 Å². The van der Waals surface area contributed by atoms with Crippen molar-refractivity contribution in [2.75, 3.05) is 26.3 Å². The second kappa shape index (κ2) is 8.60. The zero-order valence-corrected chi connectivity index (χ0v) is 19.1. The third-order valence-corrected chi connectivity index (χ3v) is 7.01. The first kappa shape index (κ1) is 21.8. The lowest BCUT2D eigenvalue weighted by molar-refractivity contribution is 0.0359. The van der Waals surface area contributed by atoms with Crippen molar-refractivity contribution in [1.29, 1.82) is 0 Å². The summed E-state index contributed by atoms with van der Waals surface area (Å²) in [5.41, 5.74) is 4.03. The van der Waals surface area contributed by atoms with Crippen molar-refractivity contribution in [3.05, 3.63) is 64.3 Å². The minimum Gasteiger partial charge on any atom is -0.381 e. The van der Waals surface area contributed by atoms with Gasteiger partial charge in [-0.15, -0.1) is 0 Å². The van der Waals surface area contributed by atoms with E-state index in [0.29, 0.717) is 13.2 Å². The summed E-state index contributed by atoms with van der Waals surface area (Å²) in [6.07, 6.45) is 3.98. The normalized spacial score (nSPS) is 20.0. The first-order valence-corrected chi connectivity index (χ1v) is 11.3. The molecule has 1 saturated heterocycles. The Morgan fingerprint density at radius 1 is 1.23 bits per heavy atom. The Morgan fingerprint density at radius 2 is 2.03 bits per heavy atom. The second-order valence-corrected chi connectivity index (χ2v) is 9.40. The van der Waals surface area contributed by atoms with Crippen LogP contribution in [0.5, 0.6) is 0 Å². The Balaban J connectivity index is 1.55. The van der Waals surface area contributed by atoms with Gasteiger partial charge in [0, 0.05) is 42.5 Å². The quantitative estimate of drug-likeness (QED) is 0.594. The molecule has 6 nitrogen and oxygen atoms in total. The zero-order chi connectivity index (χ0) is 22.1. The van der Waals surface area contributed by atoms with Gasteiger partial charge < -0.3 is 9.72 Å². The Kier molecular flexibility index (Phi) is 6.04. The maximum atomic E-state index is 12.6. The molecule has 31 heavy (non-hydrogen) atoms. The van der Waals surface area contributed by atoms with Gasteiger partial charge in [0.05, 0.1) is 17.6 Å². The number of imidazole rings is 1. The van der Waals surface area contributed by atoms with Crippen molar-refractivity contribution in [3.8, 4) is 0 Å². The van der Waals surface area contributed by atoms with E-state index in [9.17, 15) is 4.79 Å². The number of fused-ring (bicyclic) bond motifs is 1. The number of aromatic nitrogens is 3. The van der Waals surface area contributed by atoms with Crippen LogP contribution >= 0.6 is 0 Å². The molecule has 166 valence electrons. The van der Waals surface area contributed by atoms with Crippen molar-refractivity contribution in [2.45, 2.75) is 52.6 Å². The maximum absolute atomic E-state index is 12.6. The van der Waals surface area contributed by atoms with Crippen molar-refractivity contribution in [2.24, 2.45) is 5.41 Å². The summed E-state index contributed by atoms with van der Waals surface area (Å²) in [4.78, 5) is 22.6. The summed E-state index contributed by atoms with van der Waals surface area (Å²) in [6.45, 7) is 12.7. The molecule has 3 aromatic rings. The van der Waals surface area contributed by atoms with E-state index in [0.717, 1.165) is 49.3 Å². The maximum Gasteiger partial charge on any atom is 0.326 e. The number of hydrogen-bond donors (Lipinski definition) is 1. The number of pyridine rings is 1. The molecule has 1 fully saturated rings. The molecule has 1 aliphatic heterocycles. The van der Waals surface area contributed by atoms with Crippen molar-refractivity contribution >= 4 is 11.0 Å². The van der Waals surface area contributed by atoms with Crippen LogP contribution in [0.4, 0.5) is 0 Å². The molecule has 0 unspecified atom stereocenters. The number of rotatable bonds is 8. The molecule has 1 atom stereocenters. The topological polar surface area (TPSA) is 63.1 Å². The fourth-order valence-electron chi connectivity index (χ4n) is 4.81. The number of H-pyrrole nitrogens is 1. The van der Waals surface area contributed by atoms with E-state index >= 15 is 0 Å². The lowest BCUT2D eigenvalue weighted by Gasteiger charge is -2.38. The molecule has 1 aliphatic rings. The van der Waals surface area contributed by atoms with Gasteiger partial charge in [0.25, 0.3) is 0 Å². The standard InChI is InChI=1S/C25H34N4O2/c1-5-31-18-25(13-15-29-22-9-7-6-8-21(22)27-23(29)30)12-14-28(17-25)24(3,4)20-11-10-19(2)26-16-20/h6-11,16H,5,12-15,17-18H2,1-4H3,(H,27,30)/t25-/m0/s1. The number of benzene rings is 1. The smallest absolute Gasteiger partial charge is 0.326 e. The molecule has 4 rings (SSSR count). The summed E-state index contributed by atoms with van der Waals surface area (Å²) in [6, 6.07) is 12.2. The van der Waals surface area contributed by atoms with Gasteiger partial charge in [-0.3, -0.25) is 14.5 Å². The van der Waals surface area contributed by atoms with Crippen LogP contribution in [0.25, 0.3) is 11.0 Å². The summed E-state index contributed by atoms with van der Waals surface area (Å²) in [5.74, 6) is 0. The minimum atomic E-state index is -0.105. The molecule has 2 aromatic heterocycles. The van der Waals surface area contributed by atoms with Gasteiger partial charge in [0.15, 0.2) is 0 Å². The molecule has 0 bridgehead atoms. The lowest BCUT2D eigenvalue weighted by Crippen LogP contribution is -2.42. The number of aryl methyl sites for hydroxylation is 2. The van der Waals surface area contributed by atoms with Crippen LogP contribution in [0.1, 0.15) is 44.9 Å². The number of nitrogens with zero attached hydrogens (tertiary/aromatic N) is 3. The van der Waals surface area contributed by atoms with E-state index in [2.05, 4.69) is 40.8 Å². The molecule has 0 radical (unpaired) electrons. The molecule has 0 amide bonds. The molecular formula is C25H34N4O2. The highest BCUT2D eigenvalue weighted by Crippen LogP contribution is 2.41. The highest BCUT2D eigenvalue weighted by atomic mass is 16.5. The predicted octanol–water partition coefficient (Wildman–Crippen LogP) is 4.09. The van der Waals surface area contributed by atoms with E-state index in [1.807, 2.05) is 48.9 Å². The molecule has 0 spiro atoms. The van der Waals surface area contributed by atoms with Gasteiger partial charge in [-0.25, -0.2) is 4.79 Å². The molecule has 6 heteroatoms. The number of likely N-dealkylation sites (tertiary alicyclic amines) is 1. The van der Waals surface area contributed by atoms with E-state index in [1.54, 1.807) is 0 Å². The summed E-state index contributed by atoms with van der Waals surface area (Å²) in [7, 11) is 0. The summed E-state index contributed by atoms with van der Waals surface area (Å²) >= 11 is 0. The largest absolute Gasteiger partial charge is 0.381 e. The minimum absolute atomic E-state index is 0.0310. The molecule has 0 saturated carbocycles. The van der Waals surface area contributed by atoms with E-state index in [-0.39, 0.29) is 16.6 Å². The van der Waals surface area contributed by atoms with Crippen molar-refractivity contribution < 1.29 is 4.74 Å². The summed E-state index contributed by atoms with van der Waals surface area (Å²) in [5, 5.41) is 0. The van der Waals surface area contributed by atoms with E-state index in [4.69, 9.17) is 4.74 Å². The fraction of sp³-hybridized carbons (Fsp3) is 0.520. The monoisotopic (exact) mass is 422 g/mol. The second-order valence-electron chi connectivity index (χ2n) is 9.40. The zero-order valence-electron chi connectivity index (χ0n) is 19.1. The van der Waals surface area contributed by atoms with Gasteiger partial charge in [0.1, 0.15) is 0 Å². The van der Waals surface area contributed by atoms with Crippen LogP contribution < -0.4 is 5.69 Å². The van der Waals surface area contributed by atoms with Crippen LogP contribution in [0.15, 0.2) is 47.4 Å². The van der Waals surface area contributed by atoms with Gasteiger partial charge in [0.2, 0.25) is 0 Å². The highest BCUT2D eigenvalue weighted by molar-refractivity contribution is 5.74. The van der Waals surface area contributed by atoms with Gasteiger partial charge in [-0.1, -0.05) is 18.2 Å². The van der Waals surface area contributed by atoms with Crippen LogP contribution in [0.3, 0.4) is 0 Å². The average Bonchev–Trinajstić information content (AvgIpc) is 3.33. The average molecular weight is 423 g/mol. The molecule has 3 heterocycles. The summed E-state index contributed by atoms with van der Waals surface area (Å²) < 4.78 is 7.83. The Labute approximate surface area is 184 Å². The van der Waals surface area contributed by atoms with Gasteiger partial charge >= 0.3 is 5.69 Å². The number of para-hydroxylation sites is 2. The Hall–Kier alpha value is -2.44. The molecular weight excluding hydrogens is 388 g/mol. The van der Waals surface area contributed by atoms with Gasteiger partial charge in [-0.05, 0) is 70.8 Å². The van der Waals surface area contributed by atoms with Gasteiger partial charge in [-0.2, -0.15) is 0 Å². The first-order chi connectivity index (χ1) is 14.8. The Bertz CT molecular complexity index is 1080. The number of hydrogen-bond acceptors (Lipinski definition) is 4. The SMILES string of the molecule is CCOC[C@]1(CCn2c(=O)[nH]c3ccccc32)CCN(C(C)(C)c2ccc(C)nc2)C1. The number of nitrogens with one attached hydrogen (secondary N) is 1. The third-order valence-electron chi connectivity index (χ3n) is 7.01. The lowest BCUT2D eigenvalue weighted by atomic mass is 9.84. The fourth-order valence-corrected chi connectivity index (χ4v) is 4.81. The first-order valence-electron chi connectivity index (χ1n) is 11.3. The third kappa shape index (κ3) is 4.32. The number of aromatic amines is 1. The van der Waals surface area contributed by atoms with Crippen LogP contribution in [0.2, 0.25) is 0 Å². The molecule has 1 aromatic carbocycles. The molecule has 0 aliphatic carbocycles. The van der Waals surface area contributed by atoms with E-state index in [1.165, 1.54) is 5.56 Å². The van der Waals surface area contributed by atoms with Crippen molar-refractivity contribution in [3.63, 3.8) is 0 Å². The van der Waals surface area contributed by atoms with E-state index < -0.39 is 0 Å². The predicted molar refractivity (Wildman–Crippen MR) is 124 cm³/mol. The van der Waals surface area contributed by atoms with Crippen LogP contribution in [-0.2, 0) is 16.8 Å². The number of ether oxygens (including phenoxy) is 1.